The van der Waals surface area contributed by atoms with Crippen LogP contribution in [-0.4, -0.2) is 65.8 Å². The Balaban J connectivity index is 0.00000320. The predicted octanol–water partition coefficient (Wildman–Crippen LogP) is 2.27. The number of aryl methyl sites for hydroxylation is 2. The van der Waals surface area contributed by atoms with Gasteiger partial charge in [-0.05, 0) is 32.0 Å². The number of aliphatic imine (C=N–C) groups is 1. The van der Waals surface area contributed by atoms with Gasteiger partial charge in [-0.2, -0.15) is 5.10 Å². The minimum Gasteiger partial charge on any atom is -0.352 e. The van der Waals surface area contributed by atoms with Gasteiger partial charge in [-0.25, -0.2) is 0 Å². The van der Waals surface area contributed by atoms with Crippen LogP contribution in [0.2, 0.25) is 0 Å². The molecule has 0 saturated carbocycles. The maximum Gasteiger partial charge on any atom is 0.191 e. The number of hydrogen-bond donors (Lipinski definition) is 2. The summed E-state index contributed by atoms with van der Waals surface area (Å²) >= 11 is 0. The molecule has 0 amide bonds. The van der Waals surface area contributed by atoms with Crippen LogP contribution in [0.15, 0.2) is 29.3 Å². The Hall–Kier alpha value is -1.65. The normalized spacial score (nSPS) is 15.7. The monoisotopic (exact) mass is 525 g/mol. The Labute approximate surface area is 197 Å². The second-order valence-corrected chi connectivity index (χ2v) is 7.95. The summed E-state index contributed by atoms with van der Waals surface area (Å²) in [4.78, 5) is 9.26. The summed E-state index contributed by atoms with van der Waals surface area (Å²) in [6.07, 6.45) is 0. The quantitative estimate of drug-likeness (QED) is 0.345. The van der Waals surface area contributed by atoms with Crippen molar-refractivity contribution in [2.24, 2.45) is 12.0 Å². The molecule has 1 aromatic heterocycles. The van der Waals surface area contributed by atoms with E-state index in [9.17, 15) is 0 Å². The molecule has 1 aliphatic rings. The molecular weight excluding hydrogens is 489 g/mol. The third kappa shape index (κ3) is 6.68. The maximum absolute atomic E-state index is 4.47. The lowest BCUT2D eigenvalue weighted by Gasteiger charge is -2.32. The molecule has 3 rings (SSSR count). The summed E-state index contributed by atoms with van der Waals surface area (Å²) in [6.45, 7) is 11.3. The number of benzene rings is 1. The van der Waals surface area contributed by atoms with E-state index in [0.29, 0.717) is 0 Å². The van der Waals surface area contributed by atoms with Crippen molar-refractivity contribution in [3.8, 4) is 0 Å². The van der Waals surface area contributed by atoms with Crippen LogP contribution in [0.25, 0.3) is 0 Å². The number of guanidine groups is 1. The molecule has 7 nitrogen and oxygen atoms in total. The highest BCUT2D eigenvalue weighted by Gasteiger charge is 2.14. The van der Waals surface area contributed by atoms with Crippen LogP contribution in [0.3, 0.4) is 0 Å². The molecule has 1 aliphatic heterocycles. The molecule has 0 atom stereocenters. The van der Waals surface area contributed by atoms with E-state index < -0.39 is 0 Å². The van der Waals surface area contributed by atoms with Gasteiger partial charge in [-0.1, -0.05) is 24.3 Å². The van der Waals surface area contributed by atoms with Crippen LogP contribution in [0.1, 0.15) is 28.1 Å². The zero-order valence-corrected chi connectivity index (χ0v) is 21.2. The molecule has 30 heavy (non-hydrogen) atoms. The first-order valence-electron chi connectivity index (χ1n) is 10.4. The molecule has 0 radical (unpaired) electrons. The van der Waals surface area contributed by atoms with Crippen LogP contribution < -0.4 is 10.6 Å². The van der Waals surface area contributed by atoms with Gasteiger partial charge in [-0.3, -0.25) is 14.6 Å². The zero-order valence-electron chi connectivity index (χ0n) is 18.9. The number of hydrogen-bond acceptors (Lipinski definition) is 4. The molecule has 0 aliphatic carbocycles. The van der Waals surface area contributed by atoms with Gasteiger partial charge >= 0.3 is 0 Å². The summed E-state index contributed by atoms with van der Waals surface area (Å²) in [5.74, 6) is 0.800. The van der Waals surface area contributed by atoms with E-state index in [4.69, 9.17) is 0 Å². The Kier molecular flexibility index (Phi) is 9.57. The molecule has 8 heteroatoms. The van der Waals surface area contributed by atoms with Crippen molar-refractivity contribution >= 4 is 29.9 Å². The molecule has 0 bridgehead atoms. The van der Waals surface area contributed by atoms with Gasteiger partial charge < -0.3 is 15.5 Å². The van der Waals surface area contributed by atoms with Gasteiger partial charge in [0.15, 0.2) is 5.96 Å². The van der Waals surface area contributed by atoms with Gasteiger partial charge in [0, 0.05) is 71.2 Å². The van der Waals surface area contributed by atoms with Crippen LogP contribution in [0.5, 0.6) is 0 Å². The fraction of sp³-hybridized carbons (Fsp3) is 0.545. The number of nitrogens with one attached hydrogen (secondary N) is 2. The molecule has 1 saturated heterocycles. The molecule has 2 heterocycles. The van der Waals surface area contributed by atoms with E-state index in [0.717, 1.165) is 57.5 Å². The Morgan fingerprint density at radius 2 is 1.57 bits per heavy atom. The van der Waals surface area contributed by atoms with Gasteiger partial charge in [0.25, 0.3) is 0 Å². The summed E-state index contributed by atoms with van der Waals surface area (Å²) in [7, 11) is 5.98. The molecule has 166 valence electrons. The van der Waals surface area contributed by atoms with Gasteiger partial charge in [0.05, 0.1) is 5.69 Å². The minimum atomic E-state index is 0. The topological polar surface area (TPSA) is 60.7 Å². The summed E-state index contributed by atoms with van der Waals surface area (Å²) in [5.41, 5.74) is 6.10. The average molecular weight is 525 g/mol. The minimum absolute atomic E-state index is 0. The SMILES string of the molecule is CN=C(NCc1ccc(CN2CCN(C)CC2)cc1)NCc1c(C)nn(C)c1C.I. The molecule has 2 aromatic rings. The largest absolute Gasteiger partial charge is 0.352 e. The van der Waals surface area contributed by atoms with Crippen molar-refractivity contribution in [3.05, 3.63) is 52.3 Å². The molecule has 0 unspecified atom stereocenters. The summed E-state index contributed by atoms with van der Waals surface area (Å²) in [6, 6.07) is 8.91. The highest BCUT2D eigenvalue weighted by Crippen LogP contribution is 2.12. The second-order valence-electron chi connectivity index (χ2n) is 7.95. The van der Waals surface area contributed by atoms with E-state index in [1.807, 2.05) is 18.7 Å². The molecule has 1 aromatic carbocycles. The first kappa shape index (κ1) is 24.6. The maximum atomic E-state index is 4.47. The van der Waals surface area contributed by atoms with E-state index in [1.165, 1.54) is 22.4 Å². The van der Waals surface area contributed by atoms with Crippen LogP contribution >= 0.6 is 24.0 Å². The first-order chi connectivity index (χ1) is 14.0. The third-order valence-corrected chi connectivity index (χ3v) is 5.80. The standard InChI is InChI=1S/C22H35N7.HI/c1-17-21(18(2)28(5)26-17)15-25-22(23-3)24-14-19-6-8-20(9-7-19)16-29-12-10-27(4)11-13-29;/h6-9H,10-16H2,1-5H3,(H2,23,24,25);1H. The number of aromatic nitrogens is 2. The second kappa shape index (κ2) is 11.7. The van der Waals surface area contributed by atoms with Crippen molar-refractivity contribution in [1.82, 2.24) is 30.2 Å². The van der Waals surface area contributed by atoms with E-state index in [2.05, 4.69) is 68.8 Å². The summed E-state index contributed by atoms with van der Waals surface area (Å²) in [5, 5.41) is 11.3. The van der Waals surface area contributed by atoms with Crippen LogP contribution in [-0.2, 0) is 26.7 Å². The lowest BCUT2D eigenvalue weighted by Crippen LogP contribution is -2.43. The number of piperazine rings is 1. The Bertz CT molecular complexity index is 821. The van der Waals surface area contributed by atoms with E-state index >= 15 is 0 Å². The fourth-order valence-electron chi connectivity index (χ4n) is 3.68. The van der Waals surface area contributed by atoms with Gasteiger partial charge in [0.2, 0.25) is 0 Å². The number of halogens is 1. The lowest BCUT2D eigenvalue weighted by atomic mass is 10.1. The highest BCUT2D eigenvalue weighted by atomic mass is 127. The van der Waals surface area contributed by atoms with E-state index in [-0.39, 0.29) is 24.0 Å². The number of nitrogens with zero attached hydrogens (tertiary/aromatic N) is 5. The lowest BCUT2D eigenvalue weighted by molar-refractivity contribution is 0.148. The molecule has 2 N–H and O–H groups in total. The van der Waals surface area contributed by atoms with Crippen molar-refractivity contribution < 1.29 is 0 Å². The number of rotatable bonds is 6. The van der Waals surface area contributed by atoms with Gasteiger partial charge in [-0.15, -0.1) is 24.0 Å². The van der Waals surface area contributed by atoms with E-state index in [1.54, 1.807) is 7.05 Å². The summed E-state index contributed by atoms with van der Waals surface area (Å²) < 4.78 is 1.92. The van der Waals surface area contributed by atoms with Gasteiger partial charge in [0.1, 0.15) is 0 Å². The molecular formula is C22H36IN7. The zero-order chi connectivity index (χ0) is 20.8. The molecule has 1 fully saturated rings. The van der Waals surface area contributed by atoms with Crippen molar-refractivity contribution in [2.45, 2.75) is 33.5 Å². The van der Waals surface area contributed by atoms with Crippen molar-refractivity contribution in [2.75, 3.05) is 40.3 Å². The Morgan fingerprint density at radius 1 is 0.967 bits per heavy atom. The third-order valence-electron chi connectivity index (χ3n) is 5.80. The molecule has 0 spiro atoms. The predicted molar refractivity (Wildman–Crippen MR) is 134 cm³/mol. The fourth-order valence-corrected chi connectivity index (χ4v) is 3.68. The van der Waals surface area contributed by atoms with Crippen LogP contribution in [0.4, 0.5) is 0 Å². The van der Waals surface area contributed by atoms with Crippen molar-refractivity contribution in [3.63, 3.8) is 0 Å². The smallest absolute Gasteiger partial charge is 0.191 e. The first-order valence-corrected chi connectivity index (χ1v) is 10.4. The Morgan fingerprint density at radius 3 is 2.13 bits per heavy atom. The highest BCUT2D eigenvalue weighted by molar-refractivity contribution is 14.0. The average Bonchev–Trinajstić information content (AvgIpc) is 2.96. The van der Waals surface area contributed by atoms with Crippen LogP contribution in [0, 0.1) is 13.8 Å². The number of likely N-dealkylation sites (N-methyl/N-ethyl adjacent to an activating group) is 1. The van der Waals surface area contributed by atoms with Crippen molar-refractivity contribution in [1.29, 1.82) is 0 Å².